The molecule has 0 radical (unpaired) electrons. The van der Waals surface area contributed by atoms with Crippen LogP contribution in [-0.2, 0) is 0 Å². The second kappa shape index (κ2) is 15.2. The van der Waals surface area contributed by atoms with E-state index in [1.54, 1.807) is 0 Å². The van der Waals surface area contributed by atoms with Gasteiger partial charge >= 0.3 is 0 Å². The van der Waals surface area contributed by atoms with Crippen molar-refractivity contribution in [2.24, 2.45) is 0 Å². The van der Waals surface area contributed by atoms with Crippen LogP contribution in [0.5, 0.6) is 0 Å². The Hall–Kier alpha value is -9.10. The van der Waals surface area contributed by atoms with Gasteiger partial charge in [-0.2, -0.15) is 0 Å². The minimum atomic E-state index is 1.21. The number of benzene rings is 13. The summed E-state index contributed by atoms with van der Waals surface area (Å²) in [5.74, 6) is 0. The first-order valence-electron chi connectivity index (χ1n) is 24.4. The molecule has 0 heterocycles. The highest BCUT2D eigenvalue weighted by molar-refractivity contribution is 6.36. The summed E-state index contributed by atoms with van der Waals surface area (Å²) < 4.78 is 0. The molecule has 322 valence electrons. The first-order valence-corrected chi connectivity index (χ1v) is 24.4. The highest BCUT2D eigenvalue weighted by Gasteiger charge is 2.37. The second-order valence-corrected chi connectivity index (χ2v) is 18.9. The summed E-state index contributed by atoms with van der Waals surface area (Å²) >= 11 is 0. The predicted octanol–water partition coefficient (Wildman–Crippen LogP) is 19.6. The van der Waals surface area contributed by atoms with Crippen LogP contribution in [-0.4, -0.2) is 0 Å². The smallest absolute Gasteiger partial charge is 0.000718 e. The molecule has 0 atom stereocenters. The molecule has 0 fully saturated rings. The number of hydrogen-bond acceptors (Lipinski definition) is 0. The lowest BCUT2D eigenvalue weighted by Crippen LogP contribution is -1.96. The molecule has 0 heteroatoms. The van der Waals surface area contributed by atoms with Crippen molar-refractivity contribution in [3.05, 3.63) is 255 Å². The first kappa shape index (κ1) is 38.9. The lowest BCUT2D eigenvalue weighted by Gasteiger charge is -2.23. The Morgan fingerprint density at radius 1 is 0.157 bits per heavy atom. The van der Waals surface area contributed by atoms with Crippen molar-refractivity contribution >= 4 is 43.1 Å². The van der Waals surface area contributed by atoms with E-state index in [1.165, 1.54) is 154 Å². The molecule has 0 aromatic heterocycles. The summed E-state index contributed by atoms with van der Waals surface area (Å²) in [6.45, 7) is 0. The molecule has 0 aliphatic heterocycles. The maximum Gasteiger partial charge on any atom is -0.000718 e. The Kier molecular flexibility index (Phi) is 8.46. The van der Waals surface area contributed by atoms with Crippen molar-refractivity contribution in [2.75, 3.05) is 0 Å². The number of fused-ring (bicyclic) bond motifs is 9. The number of rotatable bonds is 6. The fourth-order valence-corrected chi connectivity index (χ4v) is 12.5. The molecule has 0 unspecified atom stereocenters. The molecule has 0 bridgehead atoms. The van der Waals surface area contributed by atoms with Crippen LogP contribution in [0.15, 0.2) is 255 Å². The zero-order valence-corrected chi connectivity index (χ0v) is 38.2. The maximum absolute atomic E-state index is 2.48. The summed E-state index contributed by atoms with van der Waals surface area (Å²) in [4.78, 5) is 0. The van der Waals surface area contributed by atoms with Gasteiger partial charge in [-0.15, -0.1) is 0 Å². The van der Waals surface area contributed by atoms with E-state index in [0.717, 1.165) is 0 Å². The van der Waals surface area contributed by atoms with Gasteiger partial charge in [-0.25, -0.2) is 0 Å². The zero-order chi connectivity index (χ0) is 45.9. The van der Waals surface area contributed by atoms with Crippen molar-refractivity contribution in [3.63, 3.8) is 0 Å². The standard InChI is InChI=1S/C70H42/c1-5-21-43(22-6-1)49-31-15-17-33-51(49)63-53-35-19-20-36-54(53)64(52-34-18-16-32-50(52)44-23-7-2-8-24-44)70-58-40-38-56-65-55(37-39-57(66(58)65)69(63)70)67-61(45-25-9-3-10-26-45)59-41-47-29-13-14-30-48(47)42-60(59)62(68(56)67)46-27-11-4-12-28-46/h1-42H. The number of hydrogen-bond donors (Lipinski definition) is 0. The van der Waals surface area contributed by atoms with Crippen LogP contribution in [0.2, 0.25) is 0 Å². The van der Waals surface area contributed by atoms with Crippen LogP contribution in [0.3, 0.4) is 0 Å². The van der Waals surface area contributed by atoms with Gasteiger partial charge in [-0.1, -0.05) is 243 Å². The van der Waals surface area contributed by atoms with Gasteiger partial charge in [0, 0.05) is 0 Å². The van der Waals surface area contributed by atoms with Gasteiger partial charge in [-0.05, 0) is 166 Å². The molecule has 2 aliphatic carbocycles. The Morgan fingerprint density at radius 2 is 0.443 bits per heavy atom. The normalized spacial score (nSPS) is 12.0. The summed E-state index contributed by atoms with van der Waals surface area (Å²) in [6, 6.07) is 95.1. The van der Waals surface area contributed by atoms with Crippen LogP contribution in [0.25, 0.3) is 154 Å². The Morgan fingerprint density at radius 3 is 0.814 bits per heavy atom. The van der Waals surface area contributed by atoms with Crippen molar-refractivity contribution < 1.29 is 0 Å². The molecular formula is C70H42. The minimum absolute atomic E-state index is 1.21. The van der Waals surface area contributed by atoms with Crippen molar-refractivity contribution in [1.82, 2.24) is 0 Å². The molecule has 0 amide bonds. The van der Waals surface area contributed by atoms with Crippen LogP contribution in [0, 0.1) is 0 Å². The second-order valence-electron chi connectivity index (χ2n) is 18.9. The van der Waals surface area contributed by atoms with E-state index in [0.29, 0.717) is 0 Å². The molecule has 0 nitrogen and oxygen atoms in total. The summed E-state index contributed by atoms with van der Waals surface area (Å²) in [7, 11) is 0. The van der Waals surface area contributed by atoms with Crippen LogP contribution in [0.1, 0.15) is 0 Å². The van der Waals surface area contributed by atoms with Gasteiger partial charge in [0.25, 0.3) is 0 Å². The summed E-state index contributed by atoms with van der Waals surface area (Å²) in [5.41, 5.74) is 25.4. The van der Waals surface area contributed by atoms with E-state index in [9.17, 15) is 0 Å². The molecule has 0 saturated heterocycles. The van der Waals surface area contributed by atoms with Gasteiger partial charge in [-0.3, -0.25) is 0 Å². The van der Waals surface area contributed by atoms with E-state index in [1.807, 2.05) is 0 Å². The first-order chi connectivity index (χ1) is 34.8. The highest BCUT2D eigenvalue weighted by Crippen LogP contribution is 2.65. The SMILES string of the molecule is c1ccc(-c2ccccc2-c2c3c(c(-c4ccccc4-c4ccccc4)c4ccccc24)-c2ccc4c5c(ccc-3c25)-c2c-4c(-c3ccccc3)c3cc4ccccc4cc3c2-c2ccccc2)cc1. The molecule has 13 aromatic carbocycles. The Balaban J connectivity index is 1.13. The van der Waals surface area contributed by atoms with Gasteiger partial charge in [0.1, 0.15) is 0 Å². The topological polar surface area (TPSA) is 0 Å². The third-order valence-corrected chi connectivity index (χ3v) is 15.3. The molecular weight excluding hydrogens is 841 g/mol. The molecule has 0 spiro atoms. The summed E-state index contributed by atoms with van der Waals surface area (Å²) in [5, 5.41) is 10.2. The lowest BCUT2D eigenvalue weighted by atomic mass is 9.79. The van der Waals surface area contributed by atoms with Gasteiger partial charge in [0.15, 0.2) is 0 Å². The van der Waals surface area contributed by atoms with Gasteiger partial charge in [0.2, 0.25) is 0 Å². The minimum Gasteiger partial charge on any atom is -0.0622 e. The van der Waals surface area contributed by atoms with E-state index >= 15 is 0 Å². The fourth-order valence-electron chi connectivity index (χ4n) is 12.5. The average molecular weight is 883 g/mol. The maximum atomic E-state index is 2.48. The largest absolute Gasteiger partial charge is 0.0622 e. The monoisotopic (exact) mass is 882 g/mol. The molecule has 0 N–H and O–H groups in total. The molecule has 70 heavy (non-hydrogen) atoms. The quantitative estimate of drug-likeness (QED) is 0.146. The predicted molar refractivity (Wildman–Crippen MR) is 298 cm³/mol. The van der Waals surface area contributed by atoms with Crippen LogP contribution < -0.4 is 0 Å². The zero-order valence-electron chi connectivity index (χ0n) is 38.2. The lowest BCUT2D eigenvalue weighted by molar-refractivity contribution is 1.58. The van der Waals surface area contributed by atoms with E-state index < -0.39 is 0 Å². The highest BCUT2D eigenvalue weighted by atomic mass is 14.4. The molecule has 2 aliphatic rings. The van der Waals surface area contributed by atoms with E-state index in [-0.39, 0.29) is 0 Å². The third kappa shape index (κ3) is 5.53. The molecule has 13 aromatic rings. The third-order valence-electron chi connectivity index (χ3n) is 15.3. The molecule has 0 saturated carbocycles. The van der Waals surface area contributed by atoms with Crippen molar-refractivity contribution in [2.45, 2.75) is 0 Å². The average Bonchev–Trinajstić information content (AvgIpc) is 3.94. The van der Waals surface area contributed by atoms with Crippen LogP contribution >= 0.6 is 0 Å². The van der Waals surface area contributed by atoms with Crippen molar-refractivity contribution in [3.8, 4) is 111 Å². The van der Waals surface area contributed by atoms with Gasteiger partial charge < -0.3 is 0 Å². The van der Waals surface area contributed by atoms with E-state index in [4.69, 9.17) is 0 Å². The summed E-state index contributed by atoms with van der Waals surface area (Å²) in [6.07, 6.45) is 0. The van der Waals surface area contributed by atoms with Gasteiger partial charge in [0.05, 0.1) is 0 Å². The Labute approximate surface area is 407 Å². The van der Waals surface area contributed by atoms with E-state index in [2.05, 4.69) is 255 Å². The van der Waals surface area contributed by atoms with Crippen LogP contribution in [0.4, 0.5) is 0 Å². The molecule has 15 rings (SSSR count). The van der Waals surface area contributed by atoms with Crippen molar-refractivity contribution in [1.29, 1.82) is 0 Å². The fraction of sp³-hybridized carbons (Fsp3) is 0. The Bertz CT molecular complexity index is 4020.